The fourth-order valence-electron chi connectivity index (χ4n) is 2.09. The number of guanidine groups is 1. The van der Waals surface area contributed by atoms with E-state index in [0.717, 1.165) is 30.3 Å². The van der Waals surface area contributed by atoms with Gasteiger partial charge < -0.3 is 20.1 Å². The van der Waals surface area contributed by atoms with E-state index in [9.17, 15) is 0 Å². The van der Waals surface area contributed by atoms with Gasteiger partial charge in [-0.3, -0.25) is 4.99 Å². The van der Waals surface area contributed by atoms with Crippen molar-refractivity contribution in [3.8, 4) is 5.75 Å². The van der Waals surface area contributed by atoms with Gasteiger partial charge in [-0.25, -0.2) is 0 Å². The Labute approximate surface area is 140 Å². The maximum Gasteiger partial charge on any atom is 0.191 e. The molecule has 130 valence electrons. The molecule has 5 heteroatoms. The first-order valence-electron chi connectivity index (χ1n) is 8.23. The van der Waals surface area contributed by atoms with Crippen molar-refractivity contribution in [2.75, 3.05) is 27.4 Å². The normalized spacial score (nSPS) is 13.0. The lowest BCUT2D eigenvalue weighted by molar-refractivity contribution is 0.179. The lowest BCUT2D eigenvalue weighted by Gasteiger charge is -2.18. The van der Waals surface area contributed by atoms with Gasteiger partial charge in [-0.1, -0.05) is 32.0 Å². The minimum atomic E-state index is 0.198. The highest BCUT2D eigenvalue weighted by atomic mass is 16.5. The maximum absolute atomic E-state index is 5.91. The van der Waals surface area contributed by atoms with Crippen molar-refractivity contribution in [2.45, 2.75) is 39.8 Å². The molecule has 23 heavy (non-hydrogen) atoms. The molecular weight excluding hydrogens is 290 g/mol. The van der Waals surface area contributed by atoms with Crippen molar-refractivity contribution in [1.29, 1.82) is 0 Å². The monoisotopic (exact) mass is 321 g/mol. The molecule has 1 aromatic rings. The largest absolute Gasteiger partial charge is 0.493 e. The first-order valence-corrected chi connectivity index (χ1v) is 8.23. The number of ether oxygens (including phenoxy) is 2. The number of nitrogens with zero attached hydrogens (tertiary/aromatic N) is 1. The number of methoxy groups -OCH3 is 1. The van der Waals surface area contributed by atoms with Crippen molar-refractivity contribution < 1.29 is 9.47 Å². The first-order chi connectivity index (χ1) is 11.1. The lowest BCUT2D eigenvalue weighted by atomic mass is 10.1. The quantitative estimate of drug-likeness (QED) is 0.542. The lowest BCUT2D eigenvalue weighted by Crippen LogP contribution is -2.43. The number of benzene rings is 1. The van der Waals surface area contributed by atoms with Gasteiger partial charge in [0.15, 0.2) is 5.96 Å². The van der Waals surface area contributed by atoms with E-state index in [1.165, 1.54) is 0 Å². The van der Waals surface area contributed by atoms with Crippen molar-refractivity contribution in [2.24, 2.45) is 10.9 Å². The average Bonchev–Trinajstić information content (AvgIpc) is 2.52. The molecule has 0 bridgehead atoms. The average molecular weight is 321 g/mol. The highest BCUT2D eigenvalue weighted by Crippen LogP contribution is 2.18. The standard InChI is InChI=1S/C18H31N3O2/c1-14(2)10-11-23-17-9-7-6-8-16(17)12-20-18(19-4)21-15(3)13-22-5/h6-9,14-15H,10-13H2,1-5H3,(H2,19,20,21). The number of hydrogen-bond donors (Lipinski definition) is 2. The summed E-state index contributed by atoms with van der Waals surface area (Å²) in [6.07, 6.45) is 1.06. The van der Waals surface area contributed by atoms with Crippen LogP contribution in [-0.2, 0) is 11.3 Å². The van der Waals surface area contributed by atoms with Crippen LogP contribution in [0, 0.1) is 5.92 Å². The van der Waals surface area contributed by atoms with E-state index in [-0.39, 0.29) is 6.04 Å². The summed E-state index contributed by atoms with van der Waals surface area (Å²) in [6, 6.07) is 8.31. The molecule has 0 aromatic heterocycles. The Balaban J connectivity index is 2.55. The molecule has 0 heterocycles. The molecule has 1 aromatic carbocycles. The smallest absolute Gasteiger partial charge is 0.191 e. The van der Waals surface area contributed by atoms with E-state index in [0.29, 0.717) is 19.1 Å². The van der Waals surface area contributed by atoms with Crippen LogP contribution in [0.4, 0.5) is 0 Å². The Hall–Kier alpha value is -1.75. The number of para-hydroxylation sites is 1. The summed E-state index contributed by atoms with van der Waals surface area (Å²) < 4.78 is 11.0. The van der Waals surface area contributed by atoms with Gasteiger partial charge in [-0.05, 0) is 25.3 Å². The number of aliphatic imine (C=N–C) groups is 1. The summed E-state index contributed by atoms with van der Waals surface area (Å²) >= 11 is 0. The maximum atomic E-state index is 5.91. The Morgan fingerprint density at radius 2 is 1.96 bits per heavy atom. The van der Waals surface area contributed by atoms with Crippen molar-refractivity contribution in [1.82, 2.24) is 10.6 Å². The Bertz CT molecular complexity index is 475. The number of hydrogen-bond acceptors (Lipinski definition) is 3. The third-order valence-corrected chi connectivity index (χ3v) is 3.40. The predicted molar refractivity (Wildman–Crippen MR) is 96.1 cm³/mol. The Morgan fingerprint density at radius 3 is 2.61 bits per heavy atom. The summed E-state index contributed by atoms with van der Waals surface area (Å²) in [5.74, 6) is 2.33. The second-order valence-corrected chi connectivity index (χ2v) is 6.07. The second kappa shape index (κ2) is 10.9. The second-order valence-electron chi connectivity index (χ2n) is 6.07. The zero-order valence-corrected chi connectivity index (χ0v) is 15.1. The van der Waals surface area contributed by atoms with Crippen molar-refractivity contribution in [3.05, 3.63) is 29.8 Å². The minimum absolute atomic E-state index is 0.198. The van der Waals surface area contributed by atoms with Crippen LogP contribution in [-0.4, -0.2) is 39.4 Å². The van der Waals surface area contributed by atoms with Crippen LogP contribution in [0.3, 0.4) is 0 Å². The summed E-state index contributed by atoms with van der Waals surface area (Å²) in [4.78, 5) is 4.24. The third kappa shape index (κ3) is 7.88. The fraction of sp³-hybridized carbons (Fsp3) is 0.611. The molecule has 0 fully saturated rings. The van der Waals surface area contributed by atoms with E-state index in [1.54, 1.807) is 14.2 Å². The SMILES string of the molecule is CN=C(NCc1ccccc1OCCC(C)C)NC(C)COC. The molecule has 0 aliphatic carbocycles. The zero-order valence-electron chi connectivity index (χ0n) is 15.1. The van der Waals surface area contributed by atoms with Gasteiger partial charge in [0, 0.05) is 32.3 Å². The molecule has 1 atom stereocenters. The molecule has 0 amide bonds. The van der Waals surface area contributed by atoms with Crippen LogP contribution < -0.4 is 15.4 Å². The highest BCUT2D eigenvalue weighted by Gasteiger charge is 2.07. The summed E-state index contributed by atoms with van der Waals surface area (Å²) in [5.41, 5.74) is 1.12. The summed E-state index contributed by atoms with van der Waals surface area (Å²) in [6.45, 7) is 8.50. The van der Waals surface area contributed by atoms with Gasteiger partial charge in [0.05, 0.1) is 13.2 Å². The van der Waals surface area contributed by atoms with Crippen LogP contribution >= 0.6 is 0 Å². The van der Waals surface area contributed by atoms with E-state index >= 15 is 0 Å². The van der Waals surface area contributed by atoms with E-state index in [1.807, 2.05) is 18.2 Å². The Morgan fingerprint density at radius 1 is 1.22 bits per heavy atom. The molecule has 0 saturated carbocycles. The predicted octanol–water partition coefficient (Wildman–Crippen LogP) is 2.81. The molecule has 1 unspecified atom stereocenters. The highest BCUT2D eigenvalue weighted by molar-refractivity contribution is 5.80. The van der Waals surface area contributed by atoms with Gasteiger partial charge >= 0.3 is 0 Å². The van der Waals surface area contributed by atoms with Gasteiger partial charge in [0.25, 0.3) is 0 Å². The fourth-order valence-corrected chi connectivity index (χ4v) is 2.09. The Kier molecular flexibility index (Phi) is 9.14. The number of rotatable bonds is 9. The number of nitrogens with one attached hydrogen (secondary N) is 2. The van der Waals surface area contributed by atoms with Crippen LogP contribution in [0.15, 0.2) is 29.3 Å². The van der Waals surface area contributed by atoms with Crippen molar-refractivity contribution >= 4 is 5.96 Å². The van der Waals surface area contributed by atoms with Crippen LogP contribution in [0.2, 0.25) is 0 Å². The van der Waals surface area contributed by atoms with Crippen molar-refractivity contribution in [3.63, 3.8) is 0 Å². The summed E-state index contributed by atoms with van der Waals surface area (Å²) in [7, 11) is 3.46. The molecule has 0 spiro atoms. The first kappa shape index (κ1) is 19.3. The molecule has 0 radical (unpaired) electrons. The molecular formula is C18H31N3O2. The topological polar surface area (TPSA) is 54.9 Å². The zero-order chi connectivity index (χ0) is 17.1. The summed E-state index contributed by atoms with van der Waals surface area (Å²) in [5, 5.41) is 6.61. The van der Waals surface area contributed by atoms with Gasteiger partial charge in [0.2, 0.25) is 0 Å². The third-order valence-electron chi connectivity index (χ3n) is 3.40. The molecule has 2 N–H and O–H groups in total. The molecule has 1 rings (SSSR count). The van der Waals surface area contributed by atoms with E-state index in [2.05, 4.69) is 42.5 Å². The molecule has 5 nitrogen and oxygen atoms in total. The molecule has 0 saturated heterocycles. The van der Waals surface area contributed by atoms with Crippen LogP contribution in [0.1, 0.15) is 32.8 Å². The minimum Gasteiger partial charge on any atom is -0.493 e. The van der Waals surface area contributed by atoms with Crippen LogP contribution in [0.25, 0.3) is 0 Å². The van der Waals surface area contributed by atoms with Gasteiger partial charge in [0.1, 0.15) is 5.75 Å². The van der Waals surface area contributed by atoms with E-state index in [4.69, 9.17) is 9.47 Å². The molecule has 0 aliphatic heterocycles. The van der Waals surface area contributed by atoms with E-state index < -0.39 is 0 Å². The van der Waals surface area contributed by atoms with Crippen LogP contribution in [0.5, 0.6) is 5.75 Å². The van der Waals surface area contributed by atoms with Gasteiger partial charge in [-0.2, -0.15) is 0 Å². The van der Waals surface area contributed by atoms with Gasteiger partial charge in [-0.15, -0.1) is 0 Å². The molecule has 0 aliphatic rings.